The lowest BCUT2D eigenvalue weighted by Gasteiger charge is -2.61. The van der Waals surface area contributed by atoms with Gasteiger partial charge in [0.25, 0.3) is 0 Å². The molecule has 2 aliphatic heterocycles. The zero-order chi connectivity index (χ0) is 39.0. The molecule has 3 fully saturated rings. The van der Waals surface area contributed by atoms with Crippen molar-refractivity contribution in [1.29, 1.82) is 0 Å². The molecule has 12 heteroatoms. The van der Waals surface area contributed by atoms with Gasteiger partial charge in [-0.15, -0.1) is 0 Å². The molecule has 2 heterocycles. The van der Waals surface area contributed by atoms with Crippen LogP contribution in [0.1, 0.15) is 86.5 Å². The molecule has 0 bridgehead atoms. The van der Waals surface area contributed by atoms with Gasteiger partial charge in [-0.25, -0.2) is 4.79 Å². The predicted octanol–water partition coefficient (Wildman–Crippen LogP) is 5.33. The molecule has 12 nitrogen and oxygen atoms in total. The average Bonchev–Trinajstić information content (AvgIpc) is 3.82. The SMILES string of the molecule is COc1ccc(NC(=O)CCCC(=O)O[C@H]2C=CC(=O)[C@]3(C)[C@H]4CC[C@]5(C)C([C@H](C)[C@H]6CC(C)=C(C)C(=O)O6)=C[C@H](OC(C)=O)[C@]5(O)[C@@H]4C[C@H]4O[C@]243)cc1. The molecule has 1 amide bonds. The molecule has 2 N–H and O–H groups in total. The first-order chi connectivity index (χ1) is 25.5. The number of benzene rings is 1. The van der Waals surface area contributed by atoms with Gasteiger partial charge in [-0.2, -0.15) is 0 Å². The zero-order valence-electron chi connectivity index (χ0n) is 32.1. The molecule has 1 spiro atoms. The predicted molar refractivity (Wildman–Crippen MR) is 195 cm³/mol. The molecule has 4 aliphatic carbocycles. The number of carbonyl (C=O) groups is 5. The molecule has 1 aromatic carbocycles. The van der Waals surface area contributed by atoms with E-state index in [4.69, 9.17) is 23.7 Å². The van der Waals surface area contributed by atoms with Crippen molar-refractivity contribution < 1.29 is 52.8 Å². The van der Waals surface area contributed by atoms with Crippen LogP contribution in [0.5, 0.6) is 5.75 Å². The number of nitrogens with one attached hydrogen (secondary N) is 1. The molecule has 6 aliphatic rings. The lowest BCUT2D eigenvalue weighted by Crippen LogP contribution is -2.70. The number of rotatable bonds is 10. The van der Waals surface area contributed by atoms with E-state index >= 15 is 0 Å². The van der Waals surface area contributed by atoms with Crippen LogP contribution in [-0.2, 0) is 42.9 Å². The van der Waals surface area contributed by atoms with E-state index in [-0.39, 0.29) is 42.8 Å². The lowest BCUT2D eigenvalue weighted by molar-refractivity contribution is -0.225. The first kappa shape index (κ1) is 38.0. The third kappa shape index (κ3) is 5.65. The second kappa shape index (κ2) is 13.5. The van der Waals surface area contributed by atoms with Crippen molar-refractivity contribution in [2.24, 2.45) is 28.6 Å². The highest BCUT2D eigenvalue weighted by molar-refractivity contribution is 5.98. The van der Waals surface area contributed by atoms with Crippen LogP contribution in [-0.4, -0.2) is 77.4 Å². The minimum Gasteiger partial charge on any atom is -0.497 e. The van der Waals surface area contributed by atoms with Crippen molar-refractivity contribution in [2.45, 2.75) is 122 Å². The molecule has 1 saturated heterocycles. The van der Waals surface area contributed by atoms with Gasteiger partial charge in [0.15, 0.2) is 11.9 Å². The van der Waals surface area contributed by atoms with E-state index in [1.54, 1.807) is 44.4 Å². The maximum absolute atomic E-state index is 14.1. The zero-order valence-corrected chi connectivity index (χ0v) is 32.1. The number of cyclic esters (lactones) is 1. The summed E-state index contributed by atoms with van der Waals surface area (Å²) >= 11 is 0. The topological polar surface area (TPSA) is 167 Å². The first-order valence-electron chi connectivity index (χ1n) is 19.0. The van der Waals surface area contributed by atoms with Crippen LogP contribution in [0.25, 0.3) is 0 Å². The van der Waals surface area contributed by atoms with Crippen LogP contribution in [0, 0.1) is 28.6 Å². The van der Waals surface area contributed by atoms with Gasteiger partial charge < -0.3 is 34.1 Å². The van der Waals surface area contributed by atoms with Crippen LogP contribution < -0.4 is 10.1 Å². The second-order valence-corrected chi connectivity index (χ2v) is 16.5. The van der Waals surface area contributed by atoms with Gasteiger partial charge in [-0.05, 0) is 101 Å². The van der Waals surface area contributed by atoms with E-state index < -0.39 is 70.2 Å². The molecular weight excluding hydrogens is 694 g/mol. The van der Waals surface area contributed by atoms with E-state index in [9.17, 15) is 29.1 Å². The number of epoxide rings is 1. The van der Waals surface area contributed by atoms with Gasteiger partial charge in [0.1, 0.15) is 29.2 Å². The molecule has 290 valence electrons. The Bertz CT molecular complexity index is 1860. The number of aliphatic hydroxyl groups is 1. The summed E-state index contributed by atoms with van der Waals surface area (Å²) < 4.78 is 29.5. The molecule has 1 aromatic rings. The fraction of sp³-hybridized carbons (Fsp3) is 0.595. The highest BCUT2D eigenvalue weighted by Gasteiger charge is 2.83. The van der Waals surface area contributed by atoms with Crippen LogP contribution >= 0.6 is 0 Å². The summed E-state index contributed by atoms with van der Waals surface area (Å²) in [5.41, 5.74) is -1.66. The number of anilines is 1. The van der Waals surface area contributed by atoms with Gasteiger partial charge in [0, 0.05) is 48.8 Å². The van der Waals surface area contributed by atoms with Gasteiger partial charge in [-0.3, -0.25) is 19.2 Å². The summed E-state index contributed by atoms with van der Waals surface area (Å²) in [5, 5.41) is 16.0. The van der Waals surface area contributed by atoms with Crippen molar-refractivity contribution in [3.8, 4) is 5.75 Å². The molecule has 2 saturated carbocycles. The van der Waals surface area contributed by atoms with Crippen molar-refractivity contribution in [1.82, 2.24) is 0 Å². The Morgan fingerprint density at radius 3 is 2.43 bits per heavy atom. The fourth-order valence-electron chi connectivity index (χ4n) is 10.7. The van der Waals surface area contributed by atoms with E-state index in [1.807, 2.05) is 33.8 Å². The highest BCUT2D eigenvalue weighted by atomic mass is 16.7. The molecule has 11 atom stereocenters. The monoisotopic (exact) mass is 745 g/mol. The number of ether oxygens (including phenoxy) is 5. The Hall–Kier alpha value is -4.29. The number of hydrogen-bond donors (Lipinski definition) is 2. The van der Waals surface area contributed by atoms with E-state index in [0.717, 1.165) is 11.1 Å². The Morgan fingerprint density at radius 1 is 1.04 bits per heavy atom. The Labute approximate surface area is 315 Å². The standard InChI is InChI=1S/C42H51NO11/c1-22-19-31(52-38(48)23(22)2)24(3)29-20-34(51-25(4)44)41(49)30-21-35-42(54-35)33(16-15-32(45)40(42,6)28(30)17-18-39(29,41)5)53-37(47)10-8-9-36(46)43-26-11-13-27(50-7)14-12-26/h11-16,20,24,28,30-31,33-35,49H,8-10,17-19,21H2,1-7H3,(H,43,46)/t24-,28-,30+,31+,33-,34-,35+,39+,40-,41+,42+/m0/s1. The largest absolute Gasteiger partial charge is 0.497 e. The van der Waals surface area contributed by atoms with Gasteiger partial charge in [0.05, 0.1) is 18.6 Å². The normalized spacial score (nSPS) is 38.1. The number of fused-ring (bicyclic) bond motifs is 4. The van der Waals surface area contributed by atoms with Crippen LogP contribution in [0.4, 0.5) is 5.69 Å². The molecule has 0 aromatic heterocycles. The van der Waals surface area contributed by atoms with Gasteiger partial charge in [-0.1, -0.05) is 25.0 Å². The first-order valence-corrected chi connectivity index (χ1v) is 19.0. The average molecular weight is 746 g/mol. The summed E-state index contributed by atoms with van der Waals surface area (Å²) in [6.45, 7) is 10.8. The highest BCUT2D eigenvalue weighted by Crippen LogP contribution is 2.74. The van der Waals surface area contributed by atoms with Crippen molar-refractivity contribution in [2.75, 3.05) is 12.4 Å². The van der Waals surface area contributed by atoms with Gasteiger partial charge in [0.2, 0.25) is 5.91 Å². The van der Waals surface area contributed by atoms with Crippen molar-refractivity contribution >= 4 is 35.3 Å². The Balaban J connectivity index is 1.08. The minimum atomic E-state index is -1.59. The van der Waals surface area contributed by atoms with Crippen LogP contribution in [0.3, 0.4) is 0 Å². The summed E-state index contributed by atoms with van der Waals surface area (Å²) in [5.74, 6) is -2.31. The molecule has 0 unspecified atom stereocenters. The maximum Gasteiger partial charge on any atom is 0.333 e. The molecule has 7 rings (SSSR count). The van der Waals surface area contributed by atoms with E-state index in [2.05, 4.69) is 5.32 Å². The summed E-state index contributed by atoms with van der Waals surface area (Å²) in [4.78, 5) is 65.2. The van der Waals surface area contributed by atoms with E-state index in [1.165, 1.54) is 13.0 Å². The number of carbonyl (C=O) groups excluding carboxylic acids is 5. The quantitative estimate of drug-likeness (QED) is 0.138. The summed E-state index contributed by atoms with van der Waals surface area (Å²) in [6, 6.07) is 6.96. The number of hydrogen-bond acceptors (Lipinski definition) is 11. The van der Waals surface area contributed by atoms with Crippen LogP contribution in [0.2, 0.25) is 0 Å². The third-order valence-corrected chi connectivity index (χ3v) is 13.9. The van der Waals surface area contributed by atoms with Gasteiger partial charge >= 0.3 is 17.9 Å². The summed E-state index contributed by atoms with van der Waals surface area (Å²) in [7, 11) is 1.56. The van der Waals surface area contributed by atoms with Crippen molar-refractivity contribution in [3.63, 3.8) is 0 Å². The third-order valence-electron chi connectivity index (χ3n) is 13.9. The van der Waals surface area contributed by atoms with Crippen LogP contribution in [0.15, 0.2) is 59.2 Å². The smallest absolute Gasteiger partial charge is 0.333 e. The second-order valence-electron chi connectivity index (χ2n) is 16.5. The minimum absolute atomic E-state index is 0.00216. The maximum atomic E-state index is 14.1. The summed E-state index contributed by atoms with van der Waals surface area (Å²) in [6.07, 6.45) is 4.45. The molecule has 54 heavy (non-hydrogen) atoms. The Kier molecular flexibility index (Phi) is 9.48. The lowest BCUT2D eigenvalue weighted by atomic mass is 9.42. The number of ketones is 1. The Morgan fingerprint density at radius 2 is 1.76 bits per heavy atom. The molecular formula is C42H51NO11. The number of methoxy groups -OCH3 is 1. The number of allylic oxidation sites excluding steroid dienone is 1. The van der Waals surface area contributed by atoms with E-state index in [0.29, 0.717) is 42.7 Å². The number of esters is 3. The number of amides is 1. The van der Waals surface area contributed by atoms with Crippen molar-refractivity contribution in [3.05, 3.63) is 59.2 Å². The fourth-order valence-corrected chi connectivity index (χ4v) is 10.7. The molecule has 0 radical (unpaired) electrons.